The Kier molecular flexibility index (Phi) is 6.69. The van der Waals surface area contributed by atoms with Gasteiger partial charge in [0, 0.05) is 30.9 Å². The Labute approximate surface area is 176 Å². The van der Waals surface area contributed by atoms with Crippen LogP contribution in [0.4, 0.5) is 11.4 Å². The number of nitrogens with one attached hydrogen (secondary N) is 2. The van der Waals surface area contributed by atoms with E-state index in [1.54, 1.807) is 29.2 Å². The van der Waals surface area contributed by atoms with Crippen molar-refractivity contribution < 1.29 is 18.0 Å². The summed E-state index contributed by atoms with van der Waals surface area (Å²) in [5.41, 5.74) is 3.05. The maximum atomic E-state index is 12.6. The van der Waals surface area contributed by atoms with Gasteiger partial charge in [-0.1, -0.05) is 35.9 Å². The summed E-state index contributed by atoms with van der Waals surface area (Å²) in [6.45, 7) is 5.97. The van der Waals surface area contributed by atoms with Gasteiger partial charge >= 0.3 is 0 Å². The van der Waals surface area contributed by atoms with Crippen LogP contribution in [0.3, 0.4) is 0 Å². The molecule has 1 unspecified atom stereocenters. The molecular formula is C22H25N3O4S. The Morgan fingerprint density at radius 1 is 1.17 bits per heavy atom. The Morgan fingerprint density at radius 2 is 1.83 bits per heavy atom. The van der Waals surface area contributed by atoms with Crippen LogP contribution in [0.25, 0.3) is 0 Å². The molecule has 0 aliphatic carbocycles. The largest absolute Gasteiger partial charge is 0.326 e. The van der Waals surface area contributed by atoms with Crippen molar-refractivity contribution in [1.29, 1.82) is 0 Å². The van der Waals surface area contributed by atoms with Gasteiger partial charge in [-0.2, -0.15) is 0 Å². The number of sulfonamides is 1. The van der Waals surface area contributed by atoms with Gasteiger partial charge in [-0.15, -0.1) is 6.58 Å². The molecule has 1 aliphatic heterocycles. The zero-order chi connectivity index (χ0) is 21.7. The molecule has 2 aromatic rings. The highest BCUT2D eigenvalue weighted by molar-refractivity contribution is 7.88. The average Bonchev–Trinajstić information content (AvgIpc) is 3.10. The molecule has 2 aromatic carbocycles. The molecule has 1 saturated heterocycles. The lowest BCUT2D eigenvalue weighted by Crippen LogP contribution is -2.28. The van der Waals surface area contributed by atoms with Gasteiger partial charge in [0.1, 0.15) is 0 Å². The number of aryl methyl sites for hydroxylation is 1. The van der Waals surface area contributed by atoms with Gasteiger partial charge in [-0.25, -0.2) is 13.1 Å². The van der Waals surface area contributed by atoms with E-state index in [9.17, 15) is 18.0 Å². The smallest absolute Gasteiger partial charge is 0.229 e. The molecule has 0 spiro atoms. The second-order valence-corrected chi connectivity index (χ2v) is 9.13. The topological polar surface area (TPSA) is 95.6 Å². The molecule has 1 atom stereocenters. The molecule has 2 N–H and O–H groups in total. The van der Waals surface area contributed by atoms with Crippen molar-refractivity contribution in [2.45, 2.75) is 19.1 Å². The Hall–Kier alpha value is -2.97. The molecule has 0 bridgehead atoms. The summed E-state index contributed by atoms with van der Waals surface area (Å²) in [6, 6.07) is 14.3. The van der Waals surface area contributed by atoms with E-state index < -0.39 is 15.9 Å². The SMILES string of the molecule is C=CCNS(=O)(=O)Cc1ccc(NC(=O)C2CC(=O)N(c3ccc(C)cc3)C2)cc1. The molecule has 30 heavy (non-hydrogen) atoms. The highest BCUT2D eigenvalue weighted by atomic mass is 32.2. The lowest BCUT2D eigenvalue weighted by molar-refractivity contribution is -0.122. The fourth-order valence-corrected chi connectivity index (χ4v) is 4.35. The zero-order valence-corrected chi connectivity index (χ0v) is 17.6. The van der Waals surface area contributed by atoms with Crippen LogP contribution < -0.4 is 14.9 Å². The number of hydrogen-bond acceptors (Lipinski definition) is 4. The van der Waals surface area contributed by atoms with E-state index >= 15 is 0 Å². The van der Waals surface area contributed by atoms with E-state index in [1.165, 1.54) is 6.08 Å². The summed E-state index contributed by atoms with van der Waals surface area (Å²) in [6.07, 6.45) is 1.63. The van der Waals surface area contributed by atoms with E-state index in [1.807, 2.05) is 31.2 Å². The molecule has 0 saturated carbocycles. The summed E-state index contributed by atoms with van der Waals surface area (Å²) in [5, 5.41) is 2.81. The second kappa shape index (κ2) is 9.23. The fraction of sp³-hybridized carbons (Fsp3) is 0.273. The highest BCUT2D eigenvalue weighted by Gasteiger charge is 2.35. The van der Waals surface area contributed by atoms with Crippen LogP contribution in [0, 0.1) is 12.8 Å². The van der Waals surface area contributed by atoms with Gasteiger partial charge in [-0.3, -0.25) is 9.59 Å². The quantitative estimate of drug-likeness (QED) is 0.633. The van der Waals surface area contributed by atoms with Gasteiger partial charge in [0.25, 0.3) is 0 Å². The molecule has 8 heteroatoms. The average molecular weight is 428 g/mol. The first-order valence-corrected chi connectivity index (χ1v) is 11.3. The van der Waals surface area contributed by atoms with Crippen molar-refractivity contribution in [3.63, 3.8) is 0 Å². The van der Waals surface area contributed by atoms with Crippen LogP contribution in [0.15, 0.2) is 61.2 Å². The van der Waals surface area contributed by atoms with E-state index in [2.05, 4.69) is 16.6 Å². The number of carbonyl (C=O) groups is 2. The van der Waals surface area contributed by atoms with E-state index in [-0.39, 0.29) is 30.5 Å². The number of rotatable bonds is 8. The maximum Gasteiger partial charge on any atom is 0.229 e. The highest BCUT2D eigenvalue weighted by Crippen LogP contribution is 2.26. The van der Waals surface area contributed by atoms with Crippen LogP contribution in [-0.2, 0) is 25.4 Å². The van der Waals surface area contributed by atoms with Gasteiger partial charge < -0.3 is 10.2 Å². The number of carbonyl (C=O) groups excluding carboxylic acids is 2. The molecule has 1 fully saturated rings. The zero-order valence-electron chi connectivity index (χ0n) is 16.8. The normalized spacial score (nSPS) is 16.5. The standard InChI is InChI=1S/C22H25N3O4S/c1-3-12-23-30(28,29)15-17-6-8-19(9-7-17)24-22(27)18-13-21(26)25(14-18)20-10-4-16(2)5-11-20/h3-11,18,23H,1,12-15H2,2H3,(H,24,27). The van der Waals surface area contributed by atoms with Crippen LogP contribution in [-0.4, -0.2) is 33.3 Å². The molecule has 7 nitrogen and oxygen atoms in total. The predicted octanol–water partition coefficient (Wildman–Crippen LogP) is 2.59. The number of benzene rings is 2. The van der Waals surface area contributed by atoms with Crippen molar-refractivity contribution in [3.05, 3.63) is 72.3 Å². The van der Waals surface area contributed by atoms with E-state index in [0.717, 1.165) is 11.3 Å². The third-order valence-electron chi connectivity index (χ3n) is 4.87. The lowest BCUT2D eigenvalue weighted by Gasteiger charge is -2.17. The molecule has 1 heterocycles. The van der Waals surface area contributed by atoms with Crippen molar-refractivity contribution in [2.75, 3.05) is 23.3 Å². The predicted molar refractivity (Wildman–Crippen MR) is 118 cm³/mol. The van der Waals surface area contributed by atoms with Gasteiger partial charge in [-0.05, 0) is 36.8 Å². The molecule has 3 rings (SSSR count). The van der Waals surface area contributed by atoms with Crippen LogP contribution in [0.1, 0.15) is 17.5 Å². The molecule has 2 amide bonds. The lowest BCUT2D eigenvalue weighted by atomic mass is 10.1. The molecule has 1 aliphatic rings. The molecule has 0 radical (unpaired) electrons. The van der Waals surface area contributed by atoms with Crippen molar-refractivity contribution in [3.8, 4) is 0 Å². The number of anilines is 2. The Balaban J connectivity index is 1.59. The Bertz CT molecular complexity index is 1030. The minimum atomic E-state index is -3.44. The first-order valence-electron chi connectivity index (χ1n) is 9.62. The third kappa shape index (κ3) is 5.55. The summed E-state index contributed by atoms with van der Waals surface area (Å²) < 4.78 is 26.3. The number of amides is 2. The van der Waals surface area contributed by atoms with Crippen LogP contribution in [0.2, 0.25) is 0 Å². The van der Waals surface area contributed by atoms with Gasteiger partial charge in [0.15, 0.2) is 0 Å². The van der Waals surface area contributed by atoms with Gasteiger partial charge in [0.2, 0.25) is 21.8 Å². The summed E-state index contributed by atoms with van der Waals surface area (Å²) >= 11 is 0. The first kappa shape index (κ1) is 21.7. The molecule has 158 valence electrons. The van der Waals surface area contributed by atoms with E-state index in [0.29, 0.717) is 17.8 Å². The summed E-state index contributed by atoms with van der Waals surface area (Å²) in [7, 11) is -3.44. The minimum absolute atomic E-state index is 0.0772. The second-order valence-electron chi connectivity index (χ2n) is 7.32. The van der Waals surface area contributed by atoms with Crippen LogP contribution >= 0.6 is 0 Å². The monoisotopic (exact) mass is 427 g/mol. The summed E-state index contributed by atoms with van der Waals surface area (Å²) in [4.78, 5) is 26.6. The maximum absolute atomic E-state index is 12.6. The number of nitrogens with zero attached hydrogens (tertiary/aromatic N) is 1. The van der Waals surface area contributed by atoms with Crippen LogP contribution in [0.5, 0.6) is 0 Å². The van der Waals surface area contributed by atoms with Crippen molar-refractivity contribution >= 4 is 33.2 Å². The van der Waals surface area contributed by atoms with Crippen molar-refractivity contribution in [2.24, 2.45) is 5.92 Å². The minimum Gasteiger partial charge on any atom is -0.326 e. The van der Waals surface area contributed by atoms with Crippen molar-refractivity contribution in [1.82, 2.24) is 4.72 Å². The third-order valence-corrected chi connectivity index (χ3v) is 6.19. The number of hydrogen-bond donors (Lipinski definition) is 2. The Morgan fingerprint density at radius 3 is 2.47 bits per heavy atom. The van der Waals surface area contributed by atoms with Gasteiger partial charge in [0.05, 0.1) is 11.7 Å². The first-order chi connectivity index (χ1) is 14.3. The molecular weight excluding hydrogens is 402 g/mol. The summed E-state index contributed by atoms with van der Waals surface area (Å²) in [5.74, 6) is -0.905. The van der Waals surface area contributed by atoms with E-state index in [4.69, 9.17) is 0 Å². The fourth-order valence-electron chi connectivity index (χ4n) is 3.24. The molecule has 0 aromatic heterocycles.